The van der Waals surface area contributed by atoms with Crippen LogP contribution >= 0.6 is 11.6 Å². The van der Waals surface area contributed by atoms with Crippen LogP contribution in [0.3, 0.4) is 0 Å². The van der Waals surface area contributed by atoms with Crippen molar-refractivity contribution in [1.29, 1.82) is 0 Å². The molecule has 0 N–H and O–H groups in total. The number of hydrogen-bond acceptors (Lipinski definition) is 5. The van der Waals surface area contributed by atoms with E-state index in [1.54, 1.807) is 42.6 Å². The van der Waals surface area contributed by atoms with E-state index in [0.29, 0.717) is 27.7 Å². The summed E-state index contributed by atoms with van der Waals surface area (Å²) in [6, 6.07) is 11.7. The number of rotatable bonds is 4. The summed E-state index contributed by atoms with van der Waals surface area (Å²) in [4.78, 5) is 36.9. The quantitative estimate of drug-likeness (QED) is 0.523. The van der Waals surface area contributed by atoms with Crippen LogP contribution in [0.2, 0.25) is 5.02 Å². The molecule has 1 aromatic heterocycles. The van der Waals surface area contributed by atoms with Gasteiger partial charge in [-0.25, -0.2) is 4.68 Å². The predicted octanol–water partition coefficient (Wildman–Crippen LogP) is 2.46. The second-order valence-corrected chi connectivity index (χ2v) is 6.15. The Kier molecular flexibility index (Phi) is 3.85. The Hall–Kier alpha value is -3.32. The summed E-state index contributed by atoms with van der Waals surface area (Å²) >= 11 is 5.91. The minimum Gasteiger partial charge on any atom is -0.299 e. The van der Waals surface area contributed by atoms with Gasteiger partial charge in [0.2, 0.25) is 0 Å². The van der Waals surface area contributed by atoms with Gasteiger partial charge in [-0.15, -0.1) is 5.10 Å². The van der Waals surface area contributed by atoms with Gasteiger partial charge in [0.1, 0.15) is 5.69 Å². The molecule has 0 fully saturated rings. The second kappa shape index (κ2) is 6.20. The van der Waals surface area contributed by atoms with E-state index in [9.17, 15) is 14.4 Å². The maximum absolute atomic E-state index is 12.3. The van der Waals surface area contributed by atoms with Gasteiger partial charge < -0.3 is 0 Å². The van der Waals surface area contributed by atoms with E-state index in [4.69, 9.17) is 11.6 Å². The summed E-state index contributed by atoms with van der Waals surface area (Å²) in [5, 5.41) is 8.45. The fourth-order valence-corrected chi connectivity index (χ4v) is 3.05. The van der Waals surface area contributed by atoms with Gasteiger partial charge in [-0.2, -0.15) is 0 Å². The maximum atomic E-state index is 12.3. The molecule has 0 atom stereocenters. The number of nitrogens with zero attached hydrogens (tertiary/aromatic N) is 4. The third kappa shape index (κ3) is 2.58. The zero-order valence-electron chi connectivity index (χ0n) is 13.3. The minimum atomic E-state index is -0.634. The van der Waals surface area contributed by atoms with E-state index in [-0.39, 0.29) is 12.1 Å². The topological polar surface area (TPSA) is 85.2 Å². The SMILES string of the molecule is O=Cc1ccccc1-n1cc(CN2C(=O)C(=O)c3cc(Cl)ccc32)nn1. The maximum Gasteiger partial charge on any atom is 0.299 e. The molecule has 0 aliphatic carbocycles. The number of fused-ring (bicyclic) bond motifs is 1. The van der Waals surface area contributed by atoms with Crippen molar-refractivity contribution in [2.75, 3.05) is 4.90 Å². The number of aromatic nitrogens is 3. The van der Waals surface area contributed by atoms with Crippen molar-refractivity contribution >= 4 is 35.3 Å². The molecule has 0 saturated carbocycles. The highest BCUT2D eigenvalue weighted by molar-refractivity contribution is 6.52. The van der Waals surface area contributed by atoms with Crippen molar-refractivity contribution in [3.63, 3.8) is 0 Å². The number of anilines is 1. The molecule has 26 heavy (non-hydrogen) atoms. The first-order valence-corrected chi connectivity index (χ1v) is 8.08. The monoisotopic (exact) mass is 366 g/mol. The molecule has 0 unspecified atom stereocenters. The van der Waals surface area contributed by atoms with Crippen LogP contribution in [-0.2, 0) is 11.3 Å². The molecule has 128 valence electrons. The highest BCUT2D eigenvalue weighted by Gasteiger charge is 2.36. The fraction of sp³-hybridized carbons (Fsp3) is 0.0556. The highest BCUT2D eigenvalue weighted by Crippen LogP contribution is 2.32. The number of halogens is 1. The molecule has 1 aliphatic rings. The molecule has 0 spiro atoms. The number of carbonyl (C=O) groups is 3. The Morgan fingerprint density at radius 3 is 2.69 bits per heavy atom. The van der Waals surface area contributed by atoms with Crippen molar-refractivity contribution < 1.29 is 14.4 Å². The third-order valence-corrected chi connectivity index (χ3v) is 4.34. The van der Waals surface area contributed by atoms with Crippen LogP contribution in [0.4, 0.5) is 5.69 Å². The van der Waals surface area contributed by atoms with E-state index >= 15 is 0 Å². The van der Waals surface area contributed by atoms with E-state index in [2.05, 4.69) is 10.3 Å². The number of ketones is 1. The molecule has 0 radical (unpaired) electrons. The van der Waals surface area contributed by atoms with Crippen molar-refractivity contribution in [3.05, 3.63) is 70.5 Å². The molecule has 1 amide bonds. The summed E-state index contributed by atoms with van der Waals surface area (Å²) < 4.78 is 1.46. The van der Waals surface area contributed by atoms with Crippen LogP contribution in [0.5, 0.6) is 0 Å². The molecule has 0 saturated heterocycles. The normalized spacial score (nSPS) is 13.2. The molecule has 8 heteroatoms. The Bertz CT molecular complexity index is 1060. The standard InChI is InChI=1S/C18H11ClN4O3/c19-12-5-6-16-14(7-12)17(25)18(26)22(16)8-13-9-23(21-20-13)15-4-2-1-3-11(15)10-24/h1-7,9-10H,8H2. The van der Waals surface area contributed by atoms with Crippen molar-refractivity contribution in [1.82, 2.24) is 15.0 Å². The Labute approximate surface area is 152 Å². The fourth-order valence-electron chi connectivity index (χ4n) is 2.88. The van der Waals surface area contributed by atoms with Gasteiger partial charge in [0.25, 0.3) is 11.7 Å². The van der Waals surface area contributed by atoms with Crippen LogP contribution in [0.1, 0.15) is 26.4 Å². The molecule has 4 rings (SSSR count). The van der Waals surface area contributed by atoms with E-state index in [1.807, 2.05) is 0 Å². The lowest BCUT2D eigenvalue weighted by Crippen LogP contribution is -2.29. The zero-order valence-corrected chi connectivity index (χ0v) is 14.1. The van der Waals surface area contributed by atoms with E-state index < -0.39 is 11.7 Å². The second-order valence-electron chi connectivity index (χ2n) is 5.71. The smallest absolute Gasteiger partial charge is 0.299 e. The number of Topliss-reactive ketones (excluding diaryl/α,β-unsaturated/α-hetero) is 1. The lowest BCUT2D eigenvalue weighted by Gasteiger charge is -2.14. The van der Waals surface area contributed by atoms with Crippen LogP contribution in [-0.4, -0.2) is 33.0 Å². The van der Waals surface area contributed by atoms with E-state index in [1.165, 1.54) is 15.6 Å². The molecular weight excluding hydrogens is 356 g/mol. The molecule has 2 heterocycles. The Morgan fingerprint density at radius 1 is 1.08 bits per heavy atom. The molecule has 1 aliphatic heterocycles. The predicted molar refractivity (Wildman–Crippen MR) is 93.7 cm³/mol. The summed E-state index contributed by atoms with van der Waals surface area (Å²) in [7, 11) is 0. The van der Waals surface area contributed by atoms with Gasteiger partial charge in [0.05, 0.1) is 29.7 Å². The summed E-state index contributed by atoms with van der Waals surface area (Å²) in [5.41, 5.74) is 2.30. The van der Waals surface area contributed by atoms with Gasteiger partial charge in [0, 0.05) is 10.6 Å². The number of para-hydroxylation sites is 1. The van der Waals surface area contributed by atoms with Gasteiger partial charge in [-0.1, -0.05) is 28.9 Å². The lowest BCUT2D eigenvalue weighted by atomic mass is 10.1. The first kappa shape index (κ1) is 16.2. The molecule has 2 aromatic carbocycles. The Balaban J connectivity index is 1.66. The highest BCUT2D eigenvalue weighted by atomic mass is 35.5. The average molecular weight is 367 g/mol. The van der Waals surface area contributed by atoms with Gasteiger partial charge >= 0.3 is 0 Å². The van der Waals surface area contributed by atoms with Crippen LogP contribution in [0.15, 0.2) is 48.7 Å². The third-order valence-electron chi connectivity index (χ3n) is 4.10. The number of aldehydes is 1. The molecule has 0 bridgehead atoms. The molecular formula is C18H11ClN4O3. The van der Waals surface area contributed by atoms with E-state index in [0.717, 1.165) is 6.29 Å². The van der Waals surface area contributed by atoms with Crippen LogP contribution in [0.25, 0.3) is 5.69 Å². The summed E-state index contributed by atoms with van der Waals surface area (Å²) in [6.07, 6.45) is 2.35. The summed E-state index contributed by atoms with van der Waals surface area (Å²) in [6.45, 7) is 0.0858. The number of benzene rings is 2. The first-order valence-electron chi connectivity index (χ1n) is 7.70. The van der Waals surface area contributed by atoms with Gasteiger partial charge in [-0.05, 0) is 30.3 Å². The lowest BCUT2D eigenvalue weighted by molar-refractivity contribution is -0.114. The van der Waals surface area contributed by atoms with Crippen molar-refractivity contribution in [2.45, 2.75) is 6.54 Å². The number of amides is 1. The van der Waals surface area contributed by atoms with Crippen LogP contribution < -0.4 is 4.90 Å². The van der Waals surface area contributed by atoms with Crippen LogP contribution in [0, 0.1) is 0 Å². The minimum absolute atomic E-state index is 0.0858. The summed E-state index contributed by atoms with van der Waals surface area (Å²) in [5.74, 6) is -1.23. The molecule has 3 aromatic rings. The van der Waals surface area contributed by atoms with Crippen molar-refractivity contribution in [3.8, 4) is 5.69 Å². The molecule has 7 nitrogen and oxygen atoms in total. The zero-order chi connectivity index (χ0) is 18.3. The van der Waals surface area contributed by atoms with Crippen molar-refractivity contribution in [2.24, 2.45) is 0 Å². The van der Waals surface area contributed by atoms with Gasteiger partial charge in [0.15, 0.2) is 6.29 Å². The average Bonchev–Trinajstić information content (AvgIpc) is 3.21. The van der Waals surface area contributed by atoms with Gasteiger partial charge in [-0.3, -0.25) is 19.3 Å². The number of carbonyl (C=O) groups excluding carboxylic acids is 3. The Morgan fingerprint density at radius 2 is 1.88 bits per heavy atom. The first-order chi connectivity index (χ1) is 12.6. The number of hydrogen-bond donors (Lipinski definition) is 0. The largest absolute Gasteiger partial charge is 0.299 e.